The molecule has 0 rings (SSSR count). The predicted octanol–water partition coefficient (Wildman–Crippen LogP) is 2.17. The van der Waals surface area contributed by atoms with Gasteiger partial charge in [0.1, 0.15) is 0 Å². The molecule has 0 atom stereocenters. The van der Waals surface area contributed by atoms with Crippen LogP contribution in [0.25, 0.3) is 0 Å². The van der Waals surface area contributed by atoms with Gasteiger partial charge in [-0.25, -0.2) is 0 Å². The highest BCUT2D eigenvalue weighted by atomic mass is 28.3. The Kier molecular flexibility index (Phi) is 6.14. The van der Waals surface area contributed by atoms with Crippen LogP contribution in [0.1, 0.15) is 13.8 Å². The smallest absolute Gasteiger partial charge is 0.0947 e. The molecule has 12 heavy (non-hydrogen) atoms. The third kappa shape index (κ3) is 7.07. The van der Waals surface area contributed by atoms with Crippen LogP contribution in [0.2, 0.25) is 31.7 Å². The summed E-state index contributed by atoms with van der Waals surface area (Å²) in [5, 5.41) is 0. The Hall–Kier alpha value is 0.394. The van der Waals surface area contributed by atoms with Crippen LogP contribution in [-0.2, 0) is 0 Å². The molecule has 0 aliphatic heterocycles. The quantitative estimate of drug-likeness (QED) is 0.598. The van der Waals surface area contributed by atoms with Gasteiger partial charge in [0.2, 0.25) is 0 Å². The summed E-state index contributed by atoms with van der Waals surface area (Å²) >= 11 is 0. The van der Waals surface area contributed by atoms with E-state index in [0.29, 0.717) is 0 Å². The molecular formula is C9H25NSi2. The van der Waals surface area contributed by atoms with E-state index < -0.39 is 8.07 Å². The van der Waals surface area contributed by atoms with Crippen molar-refractivity contribution in [1.82, 2.24) is 4.57 Å². The third-order valence-corrected chi connectivity index (χ3v) is 7.05. The van der Waals surface area contributed by atoms with Gasteiger partial charge >= 0.3 is 0 Å². The van der Waals surface area contributed by atoms with Gasteiger partial charge in [-0.15, -0.1) is 0 Å². The zero-order valence-electron chi connectivity index (χ0n) is 9.48. The van der Waals surface area contributed by atoms with Crippen LogP contribution in [0, 0.1) is 0 Å². The first kappa shape index (κ1) is 12.4. The molecule has 0 aromatic heterocycles. The monoisotopic (exact) mass is 203 g/mol. The summed E-state index contributed by atoms with van der Waals surface area (Å²) in [5.41, 5.74) is 0. The zero-order chi connectivity index (χ0) is 9.61. The van der Waals surface area contributed by atoms with Crippen LogP contribution >= 0.6 is 0 Å². The Balaban J connectivity index is 3.41. The number of rotatable bonds is 6. The second-order valence-electron chi connectivity index (χ2n) is 4.69. The van der Waals surface area contributed by atoms with Crippen LogP contribution in [0.3, 0.4) is 0 Å². The number of hydrogen-bond donors (Lipinski definition) is 0. The lowest BCUT2D eigenvalue weighted by Crippen LogP contribution is -2.29. The van der Waals surface area contributed by atoms with Crippen LogP contribution in [0.4, 0.5) is 0 Å². The van der Waals surface area contributed by atoms with Crippen molar-refractivity contribution in [2.24, 2.45) is 0 Å². The summed E-state index contributed by atoms with van der Waals surface area (Å²) in [5.74, 6) is 0. The average Bonchev–Trinajstić information content (AvgIpc) is 1.96. The average molecular weight is 203 g/mol. The molecule has 0 spiro atoms. The van der Waals surface area contributed by atoms with Crippen LogP contribution in [-0.4, -0.2) is 35.4 Å². The van der Waals surface area contributed by atoms with Gasteiger partial charge in [0, 0.05) is 8.07 Å². The molecule has 0 aromatic rings. The summed E-state index contributed by atoms with van der Waals surface area (Å²) in [6.45, 7) is 14.5. The van der Waals surface area contributed by atoms with E-state index in [2.05, 4.69) is 38.1 Å². The fraction of sp³-hybridized carbons (Fsp3) is 1.00. The Morgan fingerprint density at radius 3 is 1.92 bits per heavy atom. The van der Waals surface area contributed by atoms with E-state index in [0.717, 1.165) is 0 Å². The maximum absolute atomic E-state index is 2.65. The van der Waals surface area contributed by atoms with Gasteiger partial charge in [0.15, 0.2) is 0 Å². The van der Waals surface area contributed by atoms with Crippen molar-refractivity contribution in [2.75, 3.05) is 13.1 Å². The van der Waals surface area contributed by atoms with Crippen molar-refractivity contribution in [1.29, 1.82) is 0 Å². The molecule has 0 aliphatic rings. The summed E-state index contributed by atoms with van der Waals surface area (Å²) in [4.78, 5) is 0. The SMILES string of the molecule is CCN(CC)[SiH2]CC[Si](C)(C)C. The highest BCUT2D eigenvalue weighted by molar-refractivity contribution is 6.76. The second-order valence-corrected chi connectivity index (χ2v) is 12.4. The standard InChI is InChI=1S/C9H25NSi2/c1-6-10(7-2)11-8-9-12(3,4)5/h6-9,11H2,1-5H3. The molecule has 0 aliphatic carbocycles. The van der Waals surface area contributed by atoms with Crippen molar-refractivity contribution in [3.8, 4) is 0 Å². The van der Waals surface area contributed by atoms with E-state index in [-0.39, 0.29) is 9.68 Å². The molecule has 3 heteroatoms. The molecule has 0 aromatic carbocycles. The highest BCUT2D eigenvalue weighted by Gasteiger charge is 2.12. The molecule has 0 bridgehead atoms. The normalized spacial score (nSPS) is 13.5. The zero-order valence-corrected chi connectivity index (χ0v) is 11.9. The van der Waals surface area contributed by atoms with E-state index in [1.165, 1.54) is 25.2 Å². The molecule has 0 heterocycles. The van der Waals surface area contributed by atoms with Gasteiger partial charge in [0.25, 0.3) is 0 Å². The Morgan fingerprint density at radius 2 is 1.58 bits per heavy atom. The van der Waals surface area contributed by atoms with Crippen molar-refractivity contribution in [3.05, 3.63) is 0 Å². The van der Waals surface area contributed by atoms with Gasteiger partial charge in [0.05, 0.1) is 9.68 Å². The van der Waals surface area contributed by atoms with E-state index in [1.54, 1.807) is 0 Å². The van der Waals surface area contributed by atoms with Crippen molar-refractivity contribution >= 4 is 17.8 Å². The molecule has 0 saturated carbocycles. The van der Waals surface area contributed by atoms with Gasteiger partial charge in [-0.3, -0.25) is 0 Å². The molecule has 0 unspecified atom stereocenters. The Bertz CT molecular complexity index is 106. The van der Waals surface area contributed by atoms with Crippen LogP contribution in [0.5, 0.6) is 0 Å². The highest BCUT2D eigenvalue weighted by Crippen LogP contribution is 2.11. The first-order chi connectivity index (χ1) is 5.49. The lowest BCUT2D eigenvalue weighted by Gasteiger charge is -2.20. The van der Waals surface area contributed by atoms with E-state index in [9.17, 15) is 0 Å². The Labute approximate surface area is 81.5 Å². The molecule has 0 fully saturated rings. The van der Waals surface area contributed by atoms with Crippen LogP contribution < -0.4 is 0 Å². The summed E-state index contributed by atoms with van der Waals surface area (Å²) in [6.07, 6.45) is 0. The molecule has 0 saturated heterocycles. The van der Waals surface area contributed by atoms with Crippen molar-refractivity contribution in [2.45, 2.75) is 45.6 Å². The van der Waals surface area contributed by atoms with Crippen LogP contribution in [0.15, 0.2) is 0 Å². The number of hydrogen-bond acceptors (Lipinski definition) is 1. The summed E-state index contributed by atoms with van der Waals surface area (Å²) in [6, 6.07) is 3.08. The Morgan fingerprint density at radius 1 is 1.08 bits per heavy atom. The molecule has 0 amide bonds. The minimum Gasteiger partial charge on any atom is -0.330 e. The fourth-order valence-corrected chi connectivity index (χ4v) is 7.33. The molecular weight excluding hydrogens is 178 g/mol. The summed E-state index contributed by atoms with van der Waals surface area (Å²) < 4.78 is 2.65. The maximum Gasteiger partial charge on any atom is 0.0947 e. The fourth-order valence-electron chi connectivity index (χ4n) is 1.37. The second kappa shape index (κ2) is 5.94. The van der Waals surface area contributed by atoms with E-state index in [4.69, 9.17) is 0 Å². The molecule has 0 N–H and O–H groups in total. The summed E-state index contributed by atoms with van der Waals surface area (Å²) in [7, 11) is -0.628. The molecule has 0 radical (unpaired) electrons. The van der Waals surface area contributed by atoms with Gasteiger partial charge in [-0.05, 0) is 13.1 Å². The molecule has 1 nitrogen and oxygen atoms in total. The minimum absolute atomic E-state index is 0.113. The molecule has 74 valence electrons. The number of nitrogens with zero attached hydrogens (tertiary/aromatic N) is 1. The van der Waals surface area contributed by atoms with E-state index in [1.807, 2.05) is 0 Å². The van der Waals surface area contributed by atoms with Crippen molar-refractivity contribution in [3.63, 3.8) is 0 Å². The third-order valence-electron chi connectivity index (χ3n) is 2.30. The topological polar surface area (TPSA) is 3.24 Å². The first-order valence-corrected chi connectivity index (χ1v) is 10.6. The van der Waals surface area contributed by atoms with Crippen molar-refractivity contribution < 1.29 is 0 Å². The first-order valence-electron chi connectivity index (χ1n) is 5.22. The van der Waals surface area contributed by atoms with Gasteiger partial charge in [-0.2, -0.15) is 0 Å². The maximum atomic E-state index is 2.65. The van der Waals surface area contributed by atoms with Gasteiger partial charge < -0.3 is 4.57 Å². The lowest BCUT2D eigenvalue weighted by atomic mass is 10.7. The minimum atomic E-state index is -0.742. The van der Waals surface area contributed by atoms with Gasteiger partial charge in [-0.1, -0.05) is 45.6 Å². The largest absolute Gasteiger partial charge is 0.330 e. The predicted molar refractivity (Wildman–Crippen MR) is 64.4 cm³/mol. The van der Waals surface area contributed by atoms with E-state index >= 15 is 0 Å². The lowest BCUT2D eigenvalue weighted by molar-refractivity contribution is 0.492.